The molecule has 2 N–H and O–H groups in total. The molecule has 1 saturated carbocycles. The molecular weight excluding hydrogens is 401 g/mol. The van der Waals surface area contributed by atoms with Gasteiger partial charge < -0.3 is 10.6 Å². The minimum Gasteiger partial charge on any atom is -0.357 e. The second-order valence-corrected chi connectivity index (χ2v) is 5.56. The Morgan fingerprint density at radius 1 is 1.30 bits per heavy atom. The van der Waals surface area contributed by atoms with E-state index in [9.17, 15) is 0 Å². The van der Waals surface area contributed by atoms with E-state index in [1.165, 1.54) is 18.4 Å². The summed E-state index contributed by atoms with van der Waals surface area (Å²) in [5, 5.41) is 11.1. The third-order valence-electron chi connectivity index (χ3n) is 3.59. The van der Waals surface area contributed by atoms with Gasteiger partial charge in [0, 0.05) is 25.3 Å². The fourth-order valence-electron chi connectivity index (χ4n) is 2.25. The predicted octanol–water partition coefficient (Wildman–Crippen LogP) is 2.75. The van der Waals surface area contributed by atoms with Crippen molar-refractivity contribution in [3.63, 3.8) is 0 Å². The molecule has 1 heterocycles. The second kappa shape index (κ2) is 8.90. The molecule has 0 radical (unpaired) electrons. The van der Waals surface area contributed by atoms with E-state index in [4.69, 9.17) is 0 Å². The van der Waals surface area contributed by atoms with E-state index in [0.29, 0.717) is 6.04 Å². The summed E-state index contributed by atoms with van der Waals surface area (Å²) in [4.78, 5) is 4.63. The number of halogens is 1. The van der Waals surface area contributed by atoms with Crippen LogP contribution in [0.5, 0.6) is 0 Å². The molecule has 1 aromatic heterocycles. The van der Waals surface area contributed by atoms with E-state index in [1.54, 1.807) is 0 Å². The summed E-state index contributed by atoms with van der Waals surface area (Å²) >= 11 is 0. The fraction of sp³-hybridized carbons (Fsp3) is 0.412. The van der Waals surface area contributed by atoms with Gasteiger partial charge in [-0.3, -0.25) is 4.99 Å². The molecule has 0 atom stereocenters. The van der Waals surface area contributed by atoms with E-state index in [0.717, 1.165) is 31.2 Å². The second-order valence-electron chi connectivity index (χ2n) is 5.56. The van der Waals surface area contributed by atoms with Gasteiger partial charge in [-0.25, -0.2) is 4.68 Å². The number of aliphatic imine (C=N–C) groups is 1. The van der Waals surface area contributed by atoms with E-state index in [2.05, 4.69) is 46.0 Å². The predicted molar refractivity (Wildman–Crippen MR) is 105 cm³/mol. The van der Waals surface area contributed by atoms with Gasteiger partial charge in [0.1, 0.15) is 0 Å². The van der Waals surface area contributed by atoms with Crippen molar-refractivity contribution in [1.82, 2.24) is 20.4 Å². The smallest absolute Gasteiger partial charge is 0.191 e. The third kappa shape index (κ3) is 5.53. The highest BCUT2D eigenvalue weighted by Crippen LogP contribution is 2.18. The molecule has 0 amide bonds. The number of benzene rings is 1. The number of aromatic nitrogens is 2. The monoisotopic (exact) mass is 425 g/mol. The first kappa shape index (κ1) is 17.8. The highest BCUT2D eigenvalue weighted by molar-refractivity contribution is 14.0. The van der Waals surface area contributed by atoms with E-state index >= 15 is 0 Å². The molecule has 0 unspecified atom stereocenters. The maximum atomic E-state index is 4.63. The molecule has 0 saturated heterocycles. The van der Waals surface area contributed by atoms with Crippen molar-refractivity contribution in [3.05, 3.63) is 48.3 Å². The topological polar surface area (TPSA) is 54.2 Å². The van der Waals surface area contributed by atoms with Gasteiger partial charge in [-0.1, -0.05) is 18.2 Å². The largest absolute Gasteiger partial charge is 0.357 e. The average molecular weight is 425 g/mol. The highest BCUT2D eigenvalue weighted by atomic mass is 127. The Hall–Kier alpha value is -1.57. The Balaban J connectivity index is 0.00000192. The van der Waals surface area contributed by atoms with Crippen molar-refractivity contribution in [3.8, 4) is 5.69 Å². The SMILES string of the molecule is CCNC(=NCCc1cnn(-c2ccccc2)c1)NC1CC1.I. The number of rotatable bonds is 6. The lowest BCUT2D eigenvalue weighted by Crippen LogP contribution is -2.38. The van der Waals surface area contributed by atoms with Gasteiger partial charge in [0.2, 0.25) is 0 Å². The number of hydrogen-bond donors (Lipinski definition) is 2. The first-order valence-corrected chi connectivity index (χ1v) is 7.99. The van der Waals surface area contributed by atoms with Crippen molar-refractivity contribution in [2.24, 2.45) is 4.99 Å². The molecule has 1 aliphatic carbocycles. The summed E-state index contributed by atoms with van der Waals surface area (Å²) in [5.41, 5.74) is 2.29. The van der Waals surface area contributed by atoms with Crippen LogP contribution in [0.1, 0.15) is 25.3 Å². The van der Waals surface area contributed by atoms with Gasteiger partial charge in [0.25, 0.3) is 0 Å². The van der Waals surface area contributed by atoms with Crippen molar-refractivity contribution in [2.75, 3.05) is 13.1 Å². The number of guanidine groups is 1. The zero-order valence-electron chi connectivity index (χ0n) is 13.4. The highest BCUT2D eigenvalue weighted by Gasteiger charge is 2.21. The van der Waals surface area contributed by atoms with Gasteiger partial charge in [-0.05, 0) is 43.9 Å². The Labute approximate surface area is 154 Å². The molecule has 3 rings (SSSR count). The van der Waals surface area contributed by atoms with Crippen LogP contribution < -0.4 is 10.6 Å². The minimum atomic E-state index is 0. The van der Waals surface area contributed by atoms with Crippen LogP contribution in [0.4, 0.5) is 0 Å². The van der Waals surface area contributed by atoms with Crippen molar-refractivity contribution in [1.29, 1.82) is 0 Å². The van der Waals surface area contributed by atoms with Gasteiger partial charge >= 0.3 is 0 Å². The van der Waals surface area contributed by atoms with Crippen molar-refractivity contribution < 1.29 is 0 Å². The van der Waals surface area contributed by atoms with Gasteiger partial charge in [-0.2, -0.15) is 5.10 Å². The average Bonchev–Trinajstić information content (AvgIpc) is 3.23. The fourth-order valence-corrected chi connectivity index (χ4v) is 2.25. The number of nitrogens with one attached hydrogen (secondary N) is 2. The van der Waals surface area contributed by atoms with Crippen LogP contribution in [0.25, 0.3) is 5.69 Å². The van der Waals surface area contributed by atoms with Gasteiger partial charge in [-0.15, -0.1) is 24.0 Å². The zero-order valence-corrected chi connectivity index (χ0v) is 15.7. The molecule has 1 fully saturated rings. The molecule has 124 valence electrons. The first-order valence-electron chi connectivity index (χ1n) is 7.99. The van der Waals surface area contributed by atoms with Crippen LogP contribution >= 0.6 is 24.0 Å². The summed E-state index contributed by atoms with van der Waals surface area (Å²) in [6.45, 7) is 3.75. The number of para-hydroxylation sites is 1. The van der Waals surface area contributed by atoms with Gasteiger partial charge in [0.15, 0.2) is 5.96 Å². The normalized spacial score (nSPS) is 14.2. The molecule has 0 spiro atoms. The Kier molecular flexibility index (Phi) is 6.88. The Morgan fingerprint density at radius 2 is 2.09 bits per heavy atom. The van der Waals surface area contributed by atoms with Crippen LogP contribution in [-0.4, -0.2) is 34.9 Å². The molecule has 2 aromatic rings. The lowest BCUT2D eigenvalue weighted by Gasteiger charge is -2.09. The maximum Gasteiger partial charge on any atom is 0.191 e. The van der Waals surface area contributed by atoms with E-state index in [1.807, 2.05) is 29.1 Å². The van der Waals surface area contributed by atoms with Gasteiger partial charge in [0.05, 0.1) is 11.9 Å². The van der Waals surface area contributed by atoms with Crippen LogP contribution in [0.2, 0.25) is 0 Å². The molecular formula is C17H24IN5. The molecule has 1 aromatic carbocycles. The molecule has 6 heteroatoms. The Bertz CT molecular complexity index is 619. The molecule has 1 aliphatic rings. The molecule has 0 aliphatic heterocycles. The summed E-state index contributed by atoms with van der Waals surface area (Å²) in [7, 11) is 0. The first-order chi connectivity index (χ1) is 10.8. The summed E-state index contributed by atoms with van der Waals surface area (Å²) in [6.07, 6.45) is 7.41. The van der Waals surface area contributed by atoms with Crippen LogP contribution in [0.3, 0.4) is 0 Å². The number of hydrogen-bond acceptors (Lipinski definition) is 2. The van der Waals surface area contributed by atoms with Crippen LogP contribution in [0.15, 0.2) is 47.7 Å². The lowest BCUT2D eigenvalue weighted by atomic mass is 10.2. The van der Waals surface area contributed by atoms with Crippen LogP contribution in [0, 0.1) is 0 Å². The summed E-state index contributed by atoms with van der Waals surface area (Å²) < 4.78 is 1.91. The third-order valence-corrected chi connectivity index (χ3v) is 3.59. The minimum absolute atomic E-state index is 0. The quantitative estimate of drug-likeness (QED) is 0.425. The molecule has 5 nitrogen and oxygen atoms in total. The van der Waals surface area contributed by atoms with Crippen molar-refractivity contribution in [2.45, 2.75) is 32.2 Å². The molecule has 23 heavy (non-hydrogen) atoms. The van der Waals surface area contributed by atoms with Crippen molar-refractivity contribution >= 4 is 29.9 Å². The summed E-state index contributed by atoms with van der Waals surface area (Å²) in [5.74, 6) is 0.931. The molecule has 0 bridgehead atoms. The number of nitrogens with zero attached hydrogens (tertiary/aromatic N) is 3. The Morgan fingerprint density at radius 3 is 2.78 bits per heavy atom. The zero-order chi connectivity index (χ0) is 15.2. The van der Waals surface area contributed by atoms with Crippen LogP contribution in [-0.2, 0) is 6.42 Å². The standard InChI is InChI=1S/C17H23N5.HI/c1-2-18-17(21-15-8-9-15)19-11-10-14-12-20-22(13-14)16-6-4-3-5-7-16;/h3-7,12-13,15H,2,8-11H2,1H3,(H2,18,19,21);1H. The maximum absolute atomic E-state index is 4.63. The van der Waals surface area contributed by atoms with E-state index < -0.39 is 0 Å². The lowest BCUT2D eigenvalue weighted by molar-refractivity contribution is 0.808. The summed E-state index contributed by atoms with van der Waals surface area (Å²) in [6, 6.07) is 10.8. The van der Waals surface area contributed by atoms with E-state index in [-0.39, 0.29) is 24.0 Å².